The Bertz CT molecular complexity index is 3830. The number of amides is 13. The predicted molar refractivity (Wildman–Crippen MR) is 399 cm³/mol. The average molecular weight is 1490 g/mol. The maximum Gasteiger partial charge on any atom is 0.245 e. The summed E-state index contributed by atoms with van der Waals surface area (Å²) < 4.78 is 0. The number of thioether (sulfide) groups is 1. The van der Waals surface area contributed by atoms with Gasteiger partial charge in [-0.2, -0.15) is 0 Å². The summed E-state index contributed by atoms with van der Waals surface area (Å²) in [5, 5.41) is 54.6. The molecule has 6 rings (SSSR count). The molecular formula is C73H105N17O15S. The number of nitrogens with one attached hydrogen (secondary N) is 14. The lowest BCUT2D eigenvalue weighted by Gasteiger charge is -2.30. The lowest BCUT2D eigenvalue weighted by atomic mass is 9.96. The number of rotatable bonds is 21. The van der Waals surface area contributed by atoms with Crippen LogP contribution >= 0.6 is 11.8 Å². The fourth-order valence-electron chi connectivity index (χ4n) is 12.0. The van der Waals surface area contributed by atoms with Crippen LogP contribution in [0.25, 0.3) is 21.8 Å². The first kappa shape index (κ1) is 85.0. The lowest BCUT2D eigenvalue weighted by Crippen LogP contribution is -2.62. The number of benzene rings is 3. The van der Waals surface area contributed by atoms with Crippen molar-refractivity contribution in [2.45, 2.75) is 185 Å². The van der Waals surface area contributed by atoms with Gasteiger partial charge in [0.15, 0.2) is 0 Å². The molecule has 13 amide bonds. The Labute approximate surface area is 619 Å². The highest BCUT2D eigenvalue weighted by Gasteiger charge is 2.39. The van der Waals surface area contributed by atoms with Gasteiger partial charge in [-0.05, 0) is 105 Å². The normalized spacial score (nSPS) is 24.2. The number of H-pyrrole nitrogens is 2. The van der Waals surface area contributed by atoms with E-state index in [9.17, 15) is 72.5 Å². The number of primary amides is 1. The molecule has 106 heavy (non-hydrogen) atoms. The molecule has 22 N–H and O–H groups in total. The van der Waals surface area contributed by atoms with Crippen LogP contribution in [-0.4, -0.2) is 207 Å². The molecule has 0 unspecified atom stereocenters. The molecule has 0 bridgehead atoms. The fourth-order valence-corrected chi connectivity index (χ4v) is 12.9. The van der Waals surface area contributed by atoms with Crippen LogP contribution in [0.5, 0.6) is 0 Å². The van der Waals surface area contributed by atoms with E-state index in [1.165, 1.54) is 6.92 Å². The van der Waals surface area contributed by atoms with Gasteiger partial charge in [-0.25, -0.2) is 0 Å². The summed E-state index contributed by atoms with van der Waals surface area (Å²) in [6.45, 7) is 9.69. The van der Waals surface area contributed by atoms with Crippen molar-refractivity contribution in [1.29, 1.82) is 0 Å². The summed E-state index contributed by atoms with van der Waals surface area (Å²) in [7, 11) is 0. The van der Waals surface area contributed by atoms with Crippen molar-refractivity contribution in [2.75, 3.05) is 37.7 Å². The number of unbranched alkanes of at least 4 members (excludes halogenated alkanes) is 2. The first-order chi connectivity index (χ1) is 50.6. The first-order valence-corrected chi connectivity index (χ1v) is 37.0. The van der Waals surface area contributed by atoms with Crippen molar-refractivity contribution in [3.05, 3.63) is 108 Å². The Balaban J connectivity index is 1.39. The SMILES string of the molecule is CC[C@H](C)[C@@H]1NC(=O)[C@H](Cc2ccccc2)NC(=O)CSC[C@@H](C(N)=O)NC(=O)[C@H](C(C)C)NC(=O)[C@H](Cc2c[nH]c3ccccc23)NC(=O)[C@@H](CCCCN)NC(=O)[C@H](C(C)C)NC(=O)[C@H](Cc2c[nH]c3ccccc23)NC(=O)[C@H]([C@@H](C)O)NC(=O)[C@H](CCCCN)NC(=O)CNC(=O)[C@H](CO)NC1=O. The highest BCUT2D eigenvalue weighted by Crippen LogP contribution is 2.23. The predicted octanol–water partition coefficient (Wildman–Crippen LogP) is -1.65. The molecule has 3 heterocycles. The van der Waals surface area contributed by atoms with Crippen LogP contribution in [0, 0.1) is 17.8 Å². The van der Waals surface area contributed by atoms with Crippen molar-refractivity contribution >= 4 is 110 Å². The minimum Gasteiger partial charge on any atom is -0.394 e. The van der Waals surface area contributed by atoms with E-state index >= 15 is 0 Å². The number of carbonyl (C=O) groups excluding carboxylic acids is 13. The number of para-hydroxylation sites is 2. The molecule has 2 aromatic heterocycles. The van der Waals surface area contributed by atoms with Crippen LogP contribution in [-0.2, 0) is 81.6 Å². The van der Waals surface area contributed by atoms with Gasteiger partial charge >= 0.3 is 0 Å². The molecule has 32 nitrogen and oxygen atoms in total. The van der Waals surface area contributed by atoms with Crippen LogP contribution in [0.2, 0.25) is 0 Å². The molecule has 0 aliphatic carbocycles. The Morgan fingerprint density at radius 1 is 0.472 bits per heavy atom. The van der Waals surface area contributed by atoms with E-state index in [1.807, 2.05) is 12.1 Å². The lowest BCUT2D eigenvalue weighted by molar-refractivity contribution is -0.137. The van der Waals surface area contributed by atoms with Gasteiger partial charge < -0.3 is 101 Å². The number of aliphatic hydroxyl groups excluding tert-OH is 2. The number of carbonyl (C=O) groups is 13. The number of aromatic nitrogens is 2. The summed E-state index contributed by atoms with van der Waals surface area (Å²) in [5.41, 5.74) is 20.7. The van der Waals surface area contributed by atoms with Crippen molar-refractivity contribution in [2.24, 2.45) is 35.0 Å². The van der Waals surface area contributed by atoms with Gasteiger partial charge in [0, 0.05) is 59.2 Å². The number of hydrogen-bond donors (Lipinski definition) is 19. The van der Waals surface area contributed by atoms with Gasteiger partial charge in [-0.3, -0.25) is 62.3 Å². The average Bonchev–Trinajstić information content (AvgIpc) is 1.62. The van der Waals surface area contributed by atoms with Gasteiger partial charge in [0.25, 0.3) is 0 Å². The second-order valence-electron chi connectivity index (χ2n) is 27.3. The fraction of sp³-hybridized carbons (Fsp3) is 0.521. The van der Waals surface area contributed by atoms with Crippen LogP contribution < -0.4 is 81.0 Å². The van der Waals surface area contributed by atoms with Gasteiger partial charge in [-0.15, -0.1) is 11.8 Å². The maximum atomic E-state index is 15.0. The van der Waals surface area contributed by atoms with Crippen molar-refractivity contribution in [1.82, 2.24) is 73.8 Å². The van der Waals surface area contributed by atoms with E-state index < -0.39 is 186 Å². The Morgan fingerprint density at radius 2 is 0.887 bits per heavy atom. The number of aromatic amines is 2. The molecule has 3 aromatic carbocycles. The molecule has 1 saturated heterocycles. The molecule has 0 radical (unpaired) electrons. The first-order valence-electron chi connectivity index (χ1n) is 35.9. The van der Waals surface area contributed by atoms with Crippen LogP contribution in [0.3, 0.4) is 0 Å². The number of fused-ring (bicyclic) bond motifs is 2. The molecule has 33 heteroatoms. The number of nitrogens with two attached hydrogens (primary N) is 3. The molecule has 1 fully saturated rings. The Hall–Kier alpha value is -9.96. The second kappa shape index (κ2) is 42.3. The summed E-state index contributed by atoms with van der Waals surface area (Å²) in [6.07, 6.45) is 2.71. The van der Waals surface area contributed by atoms with Gasteiger partial charge in [-0.1, -0.05) is 115 Å². The van der Waals surface area contributed by atoms with Crippen LogP contribution in [0.15, 0.2) is 91.3 Å². The van der Waals surface area contributed by atoms with Gasteiger partial charge in [0.1, 0.15) is 66.5 Å². The molecule has 1 aliphatic heterocycles. The third-order valence-corrected chi connectivity index (χ3v) is 19.4. The summed E-state index contributed by atoms with van der Waals surface area (Å²) in [6, 6.07) is 6.64. The van der Waals surface area contributed by atoms with Crippen LogP contribution in [0.1, 0.15) is 110 Å². The monoisotopic (exact) mass is 1490 g/mol. The second-order valence-corrected chi connectivity index (χ2v) is 28.3. The zero-order valence-electron chi connectivity index (χ0n) is 61.0. The van der Waals surface area contributed by atoms with Crippen molar-refractivity contribution in [3.63, 3.8) is 0 Å². The Morgan fingerprint density at radius 3 is 1.39 bits per heavy atom. The summed E-state index contributed by atoms with van der Waals surface area (Å²) in [4.78, 5) is 192. The zero-order chi connectivity index (χ0) is 77.7. The molecular weight excluding hydrogens is 1390 g/mol. The number of aliphatic hydroxyl groups is 2. The Kier molecular flexibility index (Phi) is 33.9. The van der Waals surface area contributed by atoms with E-state index in [1.54, 1.807) is 121 Å². The van der Waals surface area contributed by atoms with E-state index in [0.29, 0.717) is 64.2 Å². The largest absolute Gasteiger partial charge is 0.394 e. The topological polar surface area (TPSA) is 516 Å². The van der Waals surface area contributed by atoms with Crippen molar-refractivity contribution in [3.8, 4) is 0 Å². The van der Waals surface area contributed by atoms with E-state index in [2.05, 4.69) is 73.8 Å². The van der Waals surface area contributed by atoms with Gasteiger partial charge in [0.05, 0.1) is 25.0 Å². The smallest absolute Gasteiger partial charge is 0.245 e. The maximum absolute atomic E-state index is 15.0. The highest BCUT2D eigenvalue weighted by molar-refractivity contribution is 8.00. The molecule has 1 aliphatic rings. The quantitative estimate of drug-likeness (QED) is 0.0366. The zero-order valence-corrected chi connectivity index (χ0v) is 61.8. The van der Waals surface area contributed by atoms with E-state index in [0.717, 1.165) is 11.8 Å². The standard InChI is InChI=1S/C73H105N17O15S/c1-8-41(6)61-72(104)85-55(36-91)64(96)79-35-57(93)80-50(26-16-18-28-74)66(98)90-62(42(7)92)73(105)84-54(32-45-34-78-49-25-15-13-23-47(45)49)69(101)87-59(39(2)3)70(102)82-51(27-17-19-29-75)65(97)83-53(31-44-33-77-48-24-14-12-22-46(44)48)68(100)88-60(40(4)5)71(103)86-56(63(76)95)37-106-38-58(94)81-52(67(99)89-61)30-43-20-10-9-11-21-43/h9-15,20-25,33-34,39-42,50-56,59-62,77-78,91-92H,8,16-19,26-32,35-38,74-75H2,1-7H3,(H2,76,95)(H,79,96)(H,80,93)(H,81,94)(H,82,102)(H,83,97)(H,84,105)(H,85,104)(H,86,103)(H,87,101)(H,88,100)(H,89,99)(H,90,98)/t41-,42+,50-,51+,52-,53-,54-,55-,56-,59-,60-,61-,62-/m0/s1. The summed E-state index contributed by atoms with van der Waals surface area (Å²) >= 11 is 0.876. The molecule has 13 atom stereocenters. The summed E-state index contributed by atoms with van der Waals surface area (Å²) in [5.74, 6) is -14.4. The highest BCUT2D eigenvalue weighted by atomic mass is 32.2. The van der Waals surface area contributed by atoms with Gasteiger partial charge in [0.2, 0.25) is 76.8 Å². The molecule has 0 spiro atoms. The van der Waals surface area contributed by atoms with Crippen molar-refractivity contribution < 1.29 is 72.5 Å². The van der Waals surface area contributed by atoms with E-state index in [4.69, 9.17) is 17.2 Å². The van der Waals surface area contributed by atoms with Crippen LogP contribution in [0.4, 0.5) is 0 Å². The third kappa shape index (κ3) is 25.4. The number of hydrogen-bond acceptors (Lipinski definition) is 18. The minimum absolute atomic E-state index is 0.0205. The molecule has 578 valence electrons. The molecule has 0 saturated carbocycles. The third-order valence-electron chi connectivity index (χ3n) is 18.3. The molecule has 5 aromatic rings. The minimum atomic E-state index is -1.80. The van der Waals surface area contributed by atoms with E-state index in [-0.39, 0.29) is 57.4 Å².